The smallest absolute Gasteiger partial charge is 0.548 e. The number of carbonyl (C=O) groups is 1. The van der Waals surface area contributed by atoms with Crippen molar-refractivity contribution in [1.82, 2.24) is 5.32 Å². The third-order valence-electron chi connectivity index (χ3n) is 2.01. The third kappa shape index (κ3) is 3.41. The van der Waals surface area contributed by atoms with Crippen molar-refractivity contribution >= 4 is 5.97 Å². The molecule has 0 saturated heterocycles. The molecule has 0 aromatic carbocycles. The summed E-state index contributed by atoms with van der Waals surface area (Å²) >= 11 is 0. The van der Waals surface area contributed by atoms with Crippen LogP contribution in [0.3, 0.4) is 0 Å². The van der Waals surface area contributed by atoms with Crippen LogP contribution in [0.5, 0.6) is 0 Å². The summed E-state index contributed by atoms with van der Waals surface area (Å²) in [4.78, 5) is 10.3. The molecule has 1 aliphatic rings. The van der Waals surface area contributed by atoms with E-state index in [4.69, 9.17) is 5.11 Å². The van der Waals surface area contributed by atoms with Crippen LogP contribution in [0.4, 0.5) is 0 Å². The van der Waals surface area contributed by atoms with E-state index in [1.54, 1.807) is 0 Å². The Morgan fingerprint density at radius 1 is 1.67 bits per heavy atom. The first-order valence-electron chi connectivity index (χ1n) is 3.82. The summed E-state index contributed by atoms with van der Waals surface area (Å²) in [6.45, 7) is -0.390. The van der Waals surface area contributed by atoms with E-state index in [0.717, 1.165) is 19.3 Å². The molecule has 1 fully saturated rings. The minimum Gasteiger partial charge on any atom is -0.548 e. The number of carboxylic acids is 1. The molecular formula is C7H12NNaO3. The molecule has 2 N–H and O–H groups in total. The topological polar surface area (TPSA) is 72.4 Å². The van der Waals surface area contributed by atoms with E-state index < -0.39 is 18.6 Å². The minimum absolute atomic E-state index is 0. The van der Waals surface area contributed by atoms with E-state index in [0.29, 0.717) is 0 Å². The Hall–Kier alpha value is 0.390. The van der Waals surface area contributed by atoms with E-state index in [-0.39, 0.29) is 35.6 Å². The second kappa shape index (κ2) is 5.94. The zero-order valence-electron chi connectivity index (χ0n) is 7.25. The van der Waals surface area contributed by atoms with Gasteiger partial charge in [-0.05, 0) is 12.8 Å². The first-order valence-corrected chi connectivity index (χ1v) is 3.82. The summed E-state index contributed by atoms with van der Waals surface area (Å²) in [5.74, 6) is -1.22. The monoisotopic (exact) mass is 181 g/mol. The second-order valence-corrected chi connectivity index (χ2v) is 2.85. The van der Waals surface area contributed by atoms with Gasteiger partial charge in [0.1, 0.15) is 0 Å². The molecule has 12 heavy (non-hydrogen) atoms. The van der Waals surface area contributed by atoms with Crippen LogP contribution in [0, 0.1) is 0 Å². The predicted octanol–water partition coefficient (Wildman–Crippen LogP) is -4.76. The van der Waals surface area contributed by atoms with Gasteiger partial charge >= 0.3 is 29.6 Å². The van der Waals surface area contributed by atoms with E-state index in [1.807, 2.05) is 0 Å². The quantitative estimate of drug-likeness (QED) is 0.427. The van der Waals surface area contributed by atoms with Crippen molar-refractivity contribution in [1.29, 1.82) is 0 Å². The number of hydrogen-bond donors (Lipinski definition) is 2. The average molecular weight is 181 g/mol. The molecule has 0 aliphatic heterocycles. The minimum atomic E-state index is -1.22. The average Bonchev–Trinajstić information content (AvgIpc) is 1.85. The molecule has 1 rings (SSSR count). The van der Waals surface area contributed by atoms with Crippen molar-refractivity contribution in [2.24, 2.45) is 0 Å². The standard InChI is InChI=1S/C7H13NO3.Na/c9-4-6(7(10)11)8-5-2-1-3-5;/h5-6,8-9H,1-4H2,(H,10,11);/q;+1/p-1. The van der Waals surface area contributed by atoms with Gasteiger partial charge in [0.05, 0.1) is 18.6 Å². The summed E-state index contributed by atoms with van der Waals surface area (Å²) in [7, 11) is 0. The van der Waals surface area contributed by atoms with Crippen LogP contribution in [-0.4, -0.2) is 29.8 Å². The van der Waals surface area contributed by atoms with Crippen molar-refractivity contribution in [2.75, 3.05) is 6.61 Å². The molecule has 0 heterocycles. The SMILES string of the molecule is O=C([O-])C(CO)NC1CCC1.[Na+]. The Labute approximate surface area is 93.6 Å². The summed E-state index contributed by atoms with van der Waals surface area (Å²) in [6, 6.07) is -0.620. The van der Waals surface area contributed by atoms with Gasteiger partial charge in [0.2, 0.25) is 0 Å². The fraction of sp³-hybridized carbons (Fsp3) is 0.857. The molecule has 1 aliphatic carbocycles. The van der Waals surface area contributed by atoms with Crippen molar-refractivity contribution < 1.29 is 44.6 Å². The summed E-state index contributed by atoms with van der Waals surface area (Å²) < 4.78 is 0. The van der Waals surface area contributed by atoms with Crippen molar-refractivity contribution in [2.45, 2.75) is 31.3 Å². The van der Waals surface area contributed by atoms with Crippen LogP contribution in [0.2, 0.25) is 0 Å². The van der Waals surface area contributed by atoms with Gasteiger partial charge in [-0.3, -0.25) is 0 Å². The van der Waals surface area contributed by atoms with Crippen LogP contribution in [0.15, 0.2) is 0 Å². The number of aliphatic carboxylic acids is 1. The van der Waals surface area contributed by atoms with Gasteiger partial charge in [-0.25, -0.2) is 0 Å². The summed E-state index contributed by atoms with van der Waals surface area (Å²) in [5, 5.41) is 21.6. The van der Waals surface area contributed by atoms with Crippen molar-refractivity contribution in [3.8, 4) is 0 Å². The molecule has 5 heteroatoms. The molecule has 0 aromatic heterocycles. The van der Waals surface area contributed by atoms with Gasteiger partial charge in [0.25, 0.3) is 0 Å². The number of hydrogen-bond acceptors (Lipinski definition) is 4. The fourth-order valence-corrected chi connectivity index (χ4v) is 1.05. The van der Waals surface area contributed by atoms with Gasteiger partial charge in [0, 0.05) is 6.04 Å². The first kappa shape index (κ1) is 12.4. The summed E-state index contributed by atoms with van der Waals surface area (Å²) in [5.41, 5.74) is 0. The van der Waals surface area contributed by atoms with Gasteiger partial charge in [-0.2, -0.15) is 0 Å². The molecule has 0 bridgehead atoms. The Morgan fingerprint density at radius 3 is 2.50 bits per heavy atom. The fourth-order valence-electron chi connectivity index (χ4n) is 1.05. The van der Waals surface area contributed by atoms with Gasteiger partial charge in [-0.1, -0.05) is 6.42 Å². The molecule has 1 saturated carbocycles. The molecule has 1 atom stereocenters. The Kier molecular flexibility index (Phi) is 6.13. The molecule has 64 valence electrons. The maximum absolute atomic E-state index is 10.3. The second-order valence-electron chi connectivity index (χ2n) is 2.85. The maximum atomic E-state index is 10.3. The van der Waals surface area contributed by atoms with Crippen LogP contribution in [0.25, 0.3) is 0 Å². The number of rotatable bonds is 4. The van der Waals surface area contributed by atoms with Crippen LogP contribution >= 0.6 is 0 Å². The molecule has 0 radical (unpaired) electrons. The zero-order valence-corrected chi connectivity index (χ0v) is 9.25. The molecule has 1 unspecified atom stereocenters. The Morgan fingerprint density at radius 2 is 2.25 bits per heavy atom. The van der Waals surface area contributed by atoms with Crippen LogP contribution < -0.4 is 40.0 Å². The Bertz CT molecular complexity index is 150. The summed E-state index contributed by atoms with van der Waals surface area (Å²) in [6.07, 6.45) is 3.15. The number of aliphatic hydroxyl groups excluding tert-OH is 1. The largest absolute Gasteiger partial charge is 1.00 e. The van der Waals surface area contributed by atoms with E-state index in [9.17, 15) is 9.90 Å². The molecule has 0 aromatic rings. The Balaban J connectivity index is 0.00000121. The van der Waals surface area contributed by atoms with Crippen LogP contribution in [0.1, 0.15) is 19.3 Å². The molecule has 0 amide bonds. The van der Waals surface area contributed by atoms with Gasteiger partial charge < -0.3 is 20.3 Å². The van der Waals surface area contributed by atoms with Crippen molar-refractivity contribution in [3.63, 3.8) is 0 Å². The number of nitrogens with one attached hydrogen (secondary N) is 1. The van der Waals surface area contributed by atoms with Gasteiger partial charge in [-0.15, -0.1) is 0 Å². The molecule has 4 nitrogen and oxygen atoms in total. The van der Waals surface area contributed by atoms with E-state index >= 15 is 0 Å². The van der Waals surface area contributed by atoms with Crippen LogP contribution in [-0.2, 0) is 4.79 Å². The number of carbonyl (C=O) groups excluding carboxylic acids is 1. The van der Waals surface area contributed by atoms with Gasteiger partial charge in [0.15, 0.2) is 0 Å². The third-order valence-corrected chi connectivity index (χ3v) is 2.01. The van der Waals surface area contributed by atoms with Crippen molar-refractivity contribution in [3.05, 3.63) is 0 Å². The van der Waals surface area contributed by atoms with E-state index in [2.05, 4.69) is 5.32 Å². The molecule has 0 spiro atoms. The first-order chi connectivity index (χ1) is 5.24. The predicted molar refractivity (Wildman–Crippen MR) is 36.7 cm³/mol. The molecular weight excluding hydrogens is 169 g/mol. The number of aliphatic hydroxyl groups is 1. The van der Waals surface area contributed by atoms with E-state index in [1.165, 1.54) is 0 Å². The zero-order chi connectivity index (χ0) is 8.27. The maximum Gasteiger partial charge on any atom is 1.00 e. The number of carboxylic acid groups (broad SMARTS) is 1. The normalized spacial score (nSPS) is 19.1.